The minimum absolute atomic E-state index is 0.0847. The molecule has 164 valence electrons. The molecule has 0 aliphatic rings. The summed E-state index contributed by atoms with van der Waals surface area (Å²) in [5, 5.41) is 0.831. The molecule has 0 radical (unpaired) electrons. The average Bonchev–Trinajstić information content (AvgIpc) is 2.77. The Morgan fingerprint density at radius 2 is 1.84 bits per heavy atom. The maximum absolute atomic E-state index is 12.7. The van der Waals surface area contributed by atoms with Gasteiger partial charge in [0, 0.05) is 42.6 Å². The summed E-state index contributed by atoms with van der Waals surface area (Å²) in [6.45, 7) is 2.24. The van der Waals surface area contributed by atoms with Crippen LogP contribution in [0.1, 0.15) is 23.1 Å². The lowest BCUT2D eigenvalue weighted by Crippen LogP contribution is -2.27. The van der Waals surface area contributed by atoms with Gasteiger partial charge in [0.05, 0.1) is 21.3 Å². The van der Waals surface area contributed by atoms with Crippen LogP contribution in [0.4, 0.5) is 0 Å². The number of ether oxygens (including phenoxy) is 3. The predicted octanol–water partition coefficient (Wildman–Crippen LogP) is 3.72. The number of amides is 1. The highest BCUT2D eigenvalue weighted by Crippen LogP contribution is 2.31. The van der Waals surface area contributed by atoms with Crippen molar-refractivity contribution in [2.75, 3.05) is 28.4 Å². The average molecular weight is 425 g/mol. The second kappa shape index (κ2) is 9.55. The van der Waals surface area contributed by atoms with Crippen LogP contribution in [-0.4, -0.2) is 39.2 Å². The molecule has 7 nitrogen and oxygen atoms in total. The van der Waals surface area contributed by atoms with Crippen molar-refractivity contribution in [1.82, 2.24) is 4.90 Å². The second-order valence-electron chi connectivity index (χ2n) is 7.26. The smallest absolute Gasteiger partial charge is 0.339 e. The van der Waals surface area contributed by atoms with Gasteiger partial charge in [0.1, 0.15) is 11.3 Å². The number of rotatable bonds is 8. The van der Waals surface area contributed by atoms with E-state index in [1.54, 1.807) is 39.3 Å². The van der Waals surface area contributed by atoms with E-state index in [1.165, 1.54) is 0 Å². The fraction of sp³-hybridized carbons (Fsp3) is 0.333. The zero-order chi connectivity index (χ0) is 22.5. The summed E-state index contributed by atoms with van der Waals surface area (Å²) >= 11 is 0. The number of aryl methyl sites for hydroxylation is 1. The van der Waals surface area contributed by atoms with Gasteiger partial charge >= 0.3 is 5.63 Å². The van der Waals surface area contributed by atoms with Crippen LogP contribution < -0.4 is 19.8 Å². The van der Waals surface area contributed by atoms with Crippen molar-refractivity contribution in [3.63, 3.8) is 0 Å². The summed E-state index contributed by atoms with van der Waals surface area (Å²) in [4.78, 5) is 26.9. The van der Waals surface area contributed by atoms with Crippen molar-refractivity contribution in [1.29, 1.82) is 0 Å². The Bertz CT molecular complexity index is 1150. The van der Waals surface area contributed by atoms with Gasteiger partial charge in [0.25, 0.3) is 0 Å². The van der Waals surface area contributed by atoms with Crippen LogP contribution in [0, 0.1) is 6.92 Å². The number of para-hydroxylation sites is 1. The Labute approximate surface area is 181 Å². The number of carbonyl (C=O) groups is 1. The molecule has 0 unspecified atom stereocenters. The molecule has 1 heterocycles. The highest BCUT2D eigenvalue weighted by molar-refractivity contribution is 5.82. The zero-order valence-electron chi connectivity index (χ0n) is 18.5. The molecule has 1 amide bonds. The number of hydrogen-bond acceptors (Lipinski definition) is 6. The van der Waals surface area contributed by atoms with E-state index in [0.29, 0.717) is 41.4 Å². The lowest BCUT2D eigenvalue weighted by Gasteiger charge is -2.20. The SMILES string of the molecule is COc1ccc2c(C)c(CCC(=O)N(C)Cc3cccc(OC)c3OC)c(=O)oc2c1. The van der Waals surface area contributed by atoms with Gasteiger partial charge < -0.3 is 23.5 Å². The lowest BCUT2D eigenvalue weighted by atomic mass is 10.0. The molecule has 0 saturated heterocycles. The molecule has 1 aromatic heterocycles. The number of methoxy groups -OCH3 is 3. The third-order valence-corrected chi connectivity index (χ3v) is 5.40. The Morgan fingerprint density at radius 1 is 1.06 bits per heavy atom. The molecule has 0 spiro atoms. The summed E-state index contributed by atoms with van der Waals surface area (Å²) in [5.41, 5.74) is 2.22. The maximum Gasteiger partial charge on any atom is 0.339 e. The van der Waals surface area contributed by atoms with Crippen LogP contribution in [0.5, 0.6) is 17.2 Å². The van der Waals surface area contributed by atoms with Gasteiger partial charge in [-0.3, -0.25) is 4.79 Å². The van der Waals surface area contributed by atoms with Crippen molar-refractivity contribution in [2.45, 2.75) is 26.3 Å². The van der Waals surface area contributed by atoms with Crippen molar-refractivity contribution in [3.05, 3.63) is 63.5 Å². The van der Waals surface area contributed by atoms with Crippen LogP contribution in [-0.2, 0) is 17.8 Å². The number of carbonyl (C=O) groups excluding carboxylic acids is 1. The molecule has 0 aliphatic heterocycles. The standard InChI is InChI=1S/C24H27NO6/c1-15-18-10-9-17(28-3)13-21(18)31-24(27)19(15)11-12-22(26)25(2)14-16-7-6-8-20(29-4)23(16)30-5/h6-10,13H,11-12,14H2,1-5H3. The quantitative estimate of drug-likeness (QED) is 0.512. The lowest BCUT2D eigenvalue weighted by molar-refractivity contribution is -0.130. The minimum Gasteiger partial charge on any atom is -0.497 e. The monoisotopic (exact) mass is 425 g/mol. The summed E-state index contributed by atoms with van der Waals surface area (Å²) in [6.07, 6.45) is 0.491. The molecule has 0 N–H and O–H groups in total. The fourth-order valence-corrected chi connectivity index (χ4v) is 3.64. The Morgan fingerprint density at radius 3 is 2.52 bits per heavy atom. The van der Waals surface area contributed by atoms with Gasteiger partial charge in [-0.25, -0.2) is 4.79 Å². The number of benzene rings is 2. The van der Waals surface area contributed by atoms with E-state index in [9.17, 15) is 9.59 Å². The summed E-state index contributed by atoms with van der Waals surface area (Å²) < 4.78 is 21.4. The summed E-state index contributed by atoms with van der Waals surface area (Å²) in [7, 11) is 6.43. The number of hydrogen-bond donors (Lipinski definition) is 0. The molecule has 0 bridgehead atoms. The molecule has 0 aliphatic carbocycles. The molecule has 0 saturated carbocycles. The molecule has 0 atom stereocenters. The van der Waals surface area contributed by atoms with E-state index < -0.39 is 5.63 Å². The van der Waals surface area contributed by atoms with E-state index in [1.807, 2.05) is 37.3 Å². The van der Waals surface area contributed by atoms with Crippen LogP contribution in [0.25, 0.3) is 11.0 Å². The van der Waals surface area contributed by atoms with Crippen LogP contribution in [0.3, 0.4) is 0 Å². The molecular weight excluding hydrogens is 398 g/mol. The molecular formula is C24H27NO6. The van der Waals surface area contributed by atoms with E-state index in [4.69, 9.17) is 18.6 Å². The molecule has 2 aromatic carbocycles. The predicted molar refractivity (Wildman–Crippen MR) is 118 cm³/mol. The third-order valence-electron chi connectivity index (χ3n) is 5.40. The highest BCUT2D eigenvalue weighted by atomic mass is 16.5. The topological polar surface area (TPSA) is 78.2 Å². The molecule has 3 rings (SSSR count). The second-order valence-corrected chi connectivity index (χ2v) is 7.26. The first-order valence-electron chi connectivity index (χ1n) is 9.93. The van der Waals surface area contributed by atoms with Crippen molar-refractivity contribution in [2.24, 2.45) is 0 Å². The first kappa shape index (κ1) is 22.2. The Hall–Kier alpha value is -3.48. The van der Waals surface area contributed by atoms with Gasteiger partial charge in [-0.15, -0.1) is 0 Å². The van der Waals surface area contributed by atoms with E-state index >= 15 is 0 Å². The highest BCUT2D eigenvalue weighted by Gasteiger charge is 2.17. The van der Waals surface area contributed by atoms with Gasteiger partial charge in [0.2, 0.25) is 5.91 Å². The first-order valence-corrected chi connectivity index (χ1v) is 9.93. The molecule has 7 heteroatoms. The Kier molecular flexibility index (Phi) is 6.84. The van der Waals surface area contributed by atoms with Crippen molar-refractivity contribution >= 4 is 16.9 Å². The third kappa shape index (κ3) is 4.66. The largest absolute Gasteiger partial charge is 0.497 e. The Balaban J connectivity index is 1.75. The molecule has 3 aromatic rings. The maximum atomic E-state index is 12.7. The number of nitrogens with zero attached hydrogens (tertiary/aromatic N) is 1. The normalized spacial score (nSPS) is 10.7. The molecule has 0 fully saturated rings. The minimum atomic E-state index is -0.428. The van der Waals surface area contributed by atoms with Crippen LogP contribution >= 0.6 is 0 Å². The van der Waals surface area contributed by atoms with E-state index in [2.05, 4.69) is 0 Å². The van der Waals surface area contributed by atoms with Crippen LogP contribution in [0.2, 0.25) is 0 Å². The van der Waals surface area contributed by atoms with Crippen LogP contribution in [0.15, 0.2) is 45.6 Å². The van der Waals surface area contributed by atoms with Gasteiger partial charge in [-0.05, 0) is 37.1 Å². The zero-order valence-corrected chi connectivity index (χ0v) is 18.5. The van der Waals surface area contributed by atoms with Gasteiger partial charge in [-0.2, -0.15) is 0 Å². The van der Waals surface area contributed by atoms with Gasteiger partial charge in [0.15, 0.2) is 11.5 Å². The number of fused-ring (bicyclic) bond motifs is 1. The van der Waals surface area contributed by atoms with E-state index in [0.717, 1.165) is 16.5 Å². The summed E-state index contributed by atoms with van der Waals surface area (Å²) in [6, 6.07) is 10.9. The van der Waals surface area contributed by atoms with Crippen molar-refractivity contribution < 1.29 is 23.4 Å². The molecule has 31 heavy (non-hydrogen) atoms. The van der Waals surface area contributed by atoms with E-state index in [-0.39, 0.29) is 12.3 Å². The van der Waals surface area contributed by atoms with Crippen molar-refractivity contribution in [3.8, 4) is 17.2 Å². The first-order chi connectivity index (χ1) is 14.9. The fourth-order valence-electron chi connectivity index (χ4n) is 3.64. The summed E-state index contributed by atoms with van der Waals surface area (Å²) in [5.74, 6) is 1.75. The van der Waals surface area contributed by atoms with Gasteiger partial charge in [-0.1, -0.05) is 12.1 Å².